The highest BCUT2D eigenvalue weighted by molar-refractivity contribution is 9.10. The van der Waals surface area contributed by atoms with Gasteiger partial charge in [-0.25, -0.2) is 4.98 Å². The molecule has 0 saturated carbocycles. The Hall–Kier alpha value is -3.26. The zero-order valence-corrected chi connectivity index (χ0v) is 21.8. The summed E-state index contributed by atoms with van der Waals surface area (Å²) in [5.41, 5.74) is 5.52. The third-order valence-corrected chi connectivity index (χ3v) is 7.00. The van der Waals surface area contributed by atoms with Crippen molar-refractivity contribution in [3.8, 4) is 11.1 Å². The summed E-state index contributed by atoms with van der Waals surface area (Å²) in [4.78, 5) is 29.0. The first-order chi connectivity index (χ1) is 16.9. The van der Waals surface area contributed by atoms with Gasteiger partial charge < -0.3 is 11.1 Å². The van der Waals surface area contributed by atoms with Crippen molar-refractivity contribution in [2.75, 3.05) is 5.32 Å². The summed E-state index contributed by atoms with van der Waals surface area (Å²) in [5.74, 6) is -1.95. The van der Waals surface area contributed by atoms with Crippen molar-refractivity contribution in [2.45, 2.75) is 40.0 Å². The van der Waals surface area contributed by atoms with Crippen LogP contribution in [0.2, 0.25) is 0 Å². The van der Waals surface area contributed by atoms with Crippen LogP contribution in [-0.2, 0) is 24.1 Å². The lowest BCUT2D eigenvalue weighted by Gasteiger charge is -2.14. The first-order valence-electron chi connectivity index (χ1n) is 10.8. The molecule has 36 heavy (non-hydrogen) atoms. The molecule has 4 aromatic rings. The van der Waals surface area contributed by atoms with Gasteiger partial charge in [-0.3, -0.25) is 19.0 Å². The van der Waals surface area contributed by atoms with E-state index in [1.807, 2.05) is 6.92 Å². The van der Waals surface area contributed by atoms with Gasteiger partial charge in [-0.15, -0.1) is 11.3 Å². The fraction of sp³-hybridized carbons (Fsp3) is 0.318. The number of alkyl halides is 3. The van der Waals surface area contributed by atoms with Gasteiger partial charge in [0.1, 0.15) is 15.4 Å². The summed E-state index contributed by atoms with van der Waals surface area (Å²) in [6.45, 7) is 5.92. The van der Waals surface area contributed by atoms with E-state index < -0.39 is 29.6 Å². The van der Waals surface area contributed by atoms with Gasteiger partial charge in [0.05, 0.1) is 34.5 Å². The third-order valence-electron chi connectivity index (χ3n) is 5.50. The number of nitrogens with two attached hydrogens (primary N) is 1. The number of amides is 2. The number of fused-ring (bicyclic) bond motifs is 1. The molecule has 0 radical (unpaired) electrons. The number of anilines is 1. The molecule has 190 valence electrons. The average molecular weight is 584 g/mol. The molecule has 0 aromatic carbocycles. The highest BCUT2D eigenvalue weighted by Gasteiger charge is 2.35. The number of nitrogens with one attached hydrogen (secondary N) is 1. The van der Waals surface area contributed by atoms with Crippen molar-refractivity contribution < 1.29 is 22.8 Å². The summed E-state index contributed by atoms with van der Waals surface area (Å²) < 4.78 is 45.1. The van der Waals surface area contributed by atoms with E-state index in [4.69, 9.17) is 5.73 Å². The molecule has 4 rings (SSSR count). The van der Waals surface area contributed by atoms with Gasteiger partial charge in [-0.05, 0) is 41.4 Å². The molecule has 2 amide bonds. The van der Waals surface area contributed by atoms with Crippen LogP contribution in [0, 0.1) is 12.8 Å². The Morgan fingerprint density at radius 1 is 1.25 bits per heavy atom. The predicted octanol–water partition coefficient (Wildman–Crippen LogP) is 4.84. The quantitative estimate of drug-likeness (QED) is 0.322. The molecule has 0 saturated heterocycles. The van der Waals surface area contributed by atoms with Gasteiger partial charge in [-0.2, -0.15) is 23.4 Å². The van der Waals surface area contributed by atoms with Crippen LogP contribution in [0.3, 0.4) is 0 Å². The van der Waals surface area contributed by atoms with E-state index in [0.717, 1.165) is 10.5 Å². The van der Waals surface area contributed by atoms with Crippen molar-refractivity contribution in [2.24, 2.45) is 11.7 Å². The Morgan fingerprint density at radius 3 is 2.53 bits per heavy atom. The van der Waals surface area contributed by atoms with Crippen molar-refractivity contribution in [1.82, 2.24) is 24.5 Å². The monoisotopic (exact) mass is 583 g/mol. The molecule has 0 aliphatic carbocycles. The molecule has 0 fully saturated rings. The topological polar surface area (TPSA) is 121 Å². The van der Waals surface area contributed by atoms with E-state index in [1.165, 1.54) is 0 Å². The predicted molar refractivity (Wildman–Crippen MR) is 132 cm³/mol. The van der Waals surface area contributed by atoms with Crippen molar-refractivity contribution in [1.29, 1.82) is 0 Å². The van der Waals surface area contributed by atoms with Gasteiger partial charge in [-0.1, -0.05) is 6.92 Å². The smallest absolute Gasteiger partial charge is 0.365 e. The Balaban J connectivity index is 1.88. The lowest BCUT2D eigenvalue weighted by molar-refractivity contribution is -0.140. The molecule has 9 nitrogen and oxygen atoms in total. The standard InChI is InChI=1S/C22H21BrF3N7O2S/c1-4-32-9-14(11(3)31-32)13-5-15(22(24,25)26)29-21-16(13)17(18(36-21)19(27)34)30-20(35)10(2)7-33-8-12(23)6-28-33/h5-6,8-10H,4,7H2,1-3H3,(H2,27,34)(H,30,35). The van der Waals surface area contributed by atoms with E-state index in [-0.39, 0.29) is 32.9 Å². The number of rotatable bonds is 7. The van der Waals surface area contributed by atoms with Crippen LogP contribution in [0.25, 0.3) is 21.3 Å². The molecule has 0 aliphatic rings. The highest BCUT2D eigenvalue weighted by atomic mass is 79.9. The van der Waals surface area contributed by atoms with Gasteiger partial charge in [0.2, 0.25) is 5.91 Å². The van der Waals surface area contributed by atoms with E-state index in [1.54, 1.807) is 41.8 Å². The molecule has 1 unspecified atom stereocenters. The van der Waals surface area contributed by atoms with Crippen LogP contribution in [-0.4, -0.2) is 36.4 Å². The van der Waals surface area contributed by atoms with E-state index in [9.17, 15) is 22.8 Å². The minimum atomic E-state index is -4.73. The molecule has 1 atom stereocenters. The number of nitrogens with zero attached hydrogens (tertiary/aromatic N) is 5. The number of carbonyl (C=O) groups excluding carboxylic acids is 2. The number of halogens is 4. The molecule has 0 aliphatic heterocycles. The zero-order chi connectivity index (χ0) is 26.4. The van der Waals surface area contributed by atoms with Crippen LogP contribution >= 0.6 is 27.3 Å². The van der Waals surface area contributed by atoms with E-state index >= 15 is 0 Å². The van der Waals surface area contributed by atoms with Gasteiger partial charge in [0.15, 0.2) is 0 Å². The number of hydrogen-bond donors (Lipinski definition) is 2. The van der Waals surface area contributed by atoms with Crippen LogP contribution in [0.15, 0.2) is 29.1 Å². The van der Waals surface area contributed by atoms with Crippen LogP contribution < -0.4 is 11.1 Å². The molecular weight excluding hydrogens is 563 g/mol. The number of hydrogen-bond acceptors (Lipinski definition) is 6. The first kappa shape index (κ1) is 25.8. The number of aromatic nitrogens is 5. The minimum Gasteiger partial charge on any atom is -0.365 e. The number of carbonyl (C=O) groups is 2. The third kappa shape index (κ3) is 5.00. The summed E-state index contributed by atoms with van der Waals surface area (Å²) in [6.07, 6.45) is 0.171. The zero-order valence-electron chi connectivity index (χ0n) is 19.4. The Labute approximate surface area is 215 Å². The molecule has 14 heteroatoms. The minimum absolute atomic E-state index is 0.0286. The second-order valence-electron chi connectivity index (χ2n) is 8.16. The second-order valence-corrected chi connectivity index (χ2v) is 10.1. The molecular formula is C22H21BrF3N7O2S. The van der Waals surface area contributed by atoms with Crippen molar-refractivity contribution in [3.63, 3.8) is 0 Å². The highest BCUT2D eigenvalue weighted by Crippen LogP contribution is 2.44. The normalized spacial score (nSPS) is 12.8. The Bertz CT molecular complexity index is 1470. The maximum atomic E-state index is 13.7. The molecule has 4 heterocycles. The fourth-order valence-electron chi connectivity index (χ4n) is 3.74. The Morgan fingerprint density at radius 2 is 1.97 bits per heavy atom. The maximum Gasteiger partial charge on any atom is 0.433 e. The average Bonchev–Trinajstić information content (AvgIpc) is 3.49. The maximum absolute atomic E-state index is 13.7. The van der Waals surface area contributed by atoms with Crippen molar-refractivity contribution >= 4 is 55.0 Å². The fourth-order valence-corrected chi connectivity index (χ4v) is 5.08. The van der Waals surface area contributed by atoms with Crippen LogP contribution in [0.4, 0.5) is 18.9 Å². The lowest BCUT2D eigenvalue weighted by atomic mass is 10.0. The largest absolute Gasteiger partial charge is 0.433 e. The van der Waals surface area contributed by atoms with E-state index in [0.29, 0.717) is 29.1 Å². The molecule has 3 N–H and O–H groups in total. The Kier molecular flexibility index (Phi) is 6.92. The molecule has 0 spiro atoms. The van der Waals surface area contributed by atoms with Gasteiger partial charge in [0, 0.05) is 29.9 Å². The molecule has 0 bridgehead atoms. The summed E-state index contributed by atoms with van der Waals surface area (Å²) in [7, 11) is 0. The number of thiophene rings is 1. The van der Waals surface area contributed by atoms with Gasteiger partial charge >= 0.3 is 6.18 Å². The molecule has 4 aromatic heterocycles. The van der Waals surface area contributed by atoms with Crippen LogP contribution in [0.1, 0.15) is 34.9 Å². The number of pyridine rings is 1. The second kappa shape index (κ2) is 9.65. The summed E-state index contributed by atoms with van der Waals surface area (Å²) in [5, 5.41) is 11.4. The van der Waals surface area contributed by atoms with Crippen LogP contribution in [0.5, 0.6) is 0 Å². The summed E-state index contributed by atoms with van der Waals surface area (Å²) in [6, 6.07) is 0.907. The van der Waals surface area contributed by atoms with E-state index in [2.05, 4.69) is 36.4 Å². The SMILES string of the molecule is CCn1cc(-c2cc(C(F)(F)F)nc3sc(C(N)=O)c(NC(=O)C(C)Cn4cc(Br)cn4)c23)c(C)n1. The van der Waals surface area contributed by atoms with Crippen molar-refractivity contribution in [3.05, 3.63) is 45.4 Å². The lowest BCUT2D eigenvalue weighted by Crippen LogP contribution is -2.25. The summed E-state index contributed by atoms with van der Waals surface area (Å²) >= 11 is 3.99. The number of aryl methyl sites for hydroxylation is 2. The number of primary amides is 1. The van der Waals surface area contributed by atoms with Gasteiger partial charge in [0.25, 0.3) is 5.91 Å². The first-order valence-corrected chi connectivity index (χ1v) is 12.4.